The van der Waals surface area contributed by atoms with Crippen molar-refractivity contribution in [2.45, 2.75) is 51.2 Å². The van der Waals surface area contributed by atoms with Gasteiger partial charge in [-0.15, -0.1) is 0 Å². The zero-order valence-corrected chi connectivity index (χ0v) is 16.4. The van der Waals surface area contributed by atoms with E-state index in [0.29, 0.717) is 27.9 Å². The lowest BCUT2D eigenvalue weighted by Gasteiger charge is -2.24. The predicted octanol–water partition coefficient (Wildman–Crippen LogP) is 4.49. The third kappa shape index (κ3) is 4.31. The number of carbonyl (C=O) groups excluding carboxylic acids is 2. The summed E-state index contributed by atoms with van der Waals surface area (Å²) in [4.78, 5) is 30.0. The summed E-state index contributed by atoms with van der Waals surface area (Å²) in [6.07, 6.45) is 6.10. The average Bonchev–Trinajstić information content (AvgIpc) is 3.28. The number of ether oxygens (including phenoxy) is 1. The number of pyridine rings is 1. The normalized spacial score (nSPS) is 15.8. The van der Waals surface area contributed by atoms with Crippen LogP contribution in [0.15, 0.2) is 53.1 Å². The van der Waals surface area contributed by atoms with Crippen LogP contribution in [0.3, 0.4) is 0 Å². The molecule has 1 N–H and O–H groups in total. The molecule has 29 heavy (non-hydrogen) atoms. The fraction of sp³-hybridized carbons (Fsp3) is 0.348. The molecule has 1 amide bonds. The Morgan fingerprint density at radius 1 is 1.14 bits per heavy atom. The molecule has 1 aliphatic carbocycles. The Labute approximate surface area is 169 Å². The van der Waals surface area contributed by atoms with E-state index in [2.05, 4.69) is 10.3 Å². The number of rotatable bonds is 5. The maximum Gasteiger partial charge on any atom is 0.339 e. The minimum atomic E-state index is -0.872. The highest BCUT2D eigenvalue weighted by atomic mass is 16.5. The molecule has 150 valence electrons. The predicted molar refractivity (Wildman–Crippen MR) is 109 cm³/mol. The van der Waals surface area contributed by atoms with E-state index in [1.54, 1.807) is 31.4 Å². The number of furan rings is 1. The Hall–Kier alpha value is -3.15. The molecule has 4 rings (SSSR count). The fourth-order valence-corrected chi connectivity index (χ4v) is 3.74. The van der Waals surface area contributed by atoms with E-state index < -0.39 is 12.1 Å². The number of fused-ring (bicyclic) bond motifs is 1. The van der Waals surface area contributed by atoms with Crippen molar-refractivity contribution in [3.8, 4) is 11.5 Å². The second kappa shape index (κ2) is 8.47. The van der Waals surface area contributed by atoms with Gasteiger partial charge < -0.3 is 14.5 Å². The third-order valence-electron chi connectivity index (χ3n) is 5.31. The number of benzene rings is 1. The summed E-state index contributed by atoms with van der Waals surface area (Å²) in [5, 5.41) is 3.68. The second-order valence-electron chi connectivity index (χ2n) is 7.44. The van der Waals surface area contributed by atoms with Gasteiger partial charge in [-0.3, -0.25) is 4.79 Å². The van der Waals surface area contributed by atoms with Crippen LogP contribution in [0.2, 0.25) is 0 Å². The number of hydrogen-bond donors (Lipinski definition) is 1. The van der Waals surface area contributed by atoms with Crippen molar-refractivity contribution in [1.29, 1.82) is 0 Å². The molecule has 1 saturated carbocycles. The number of aromatic nitrogens is 1. The fourth-order valence-electron chi connectivity index (χ4n) is 3.74. The average molecular weight is 392 g/mol. The Morgan fingerprint density at radius 3 is 2.69 bits per heavy atom. The number of esters is 1. The van der Waals surface area contributed by atoms with Gasteiger partial charge in [-0.1, -0.05) is 37.5 Å². The highest BCUT2D eigenvalue weighted by molar-refractivity contribution is 6.05. The van der Waals surface area contributed by atoms with Crippen LogP contribution in [-0.4, -0.2) is 29.0 Å². The van der Waals surface area contributed by atoms with Crippen molar-refractivity contribution < 1.29 is 18.7 Å². The standard InChI is InChI=1S/C23H24N2O4/c1-15(22(26)24-16-8-3-2-4-9-16)29-23(27)18-14-20(21-12-7-13-28-21)25-19-11-6-5-10-17(18)19/h5-7,10-16H,2-4,8-9H2,1H3,(H,24,26). The zero-order valence-electron chi connectivity index (χ0n) is 16.4. The third-order valence-corrected chi connectivity index (χ3v) is 5.31. The minimum absolute atomic E-state index is 0.171. The number of carbonyl (C=O) groups is 2. The summed E-state index contributed by atoms with van der Waals surface area (Å²) < 4.78 is 10.9. The van der Waals surface area contributed by atoms with Crippen LogP contribution >= 0.6 is 0 Å². The van der Waals surface area contributed by atoms with Crippen molar-refractivity contribution in [2.24, 2.45) is 0 Å². The first-order valence-electron chi connectivity index (χ1n) is 10.1. The summed E-state index contributed by atoms with van der Waals surface area (Å²) in [7, 11) is 0. The van der Waals surface area contributed by atoms with Crippen molar-refractivity contribution in [2.75, 3.05) is 0 Å². The van der Waals surface area contributed by atoms with Gasteiger partial charge in [-0.05, 0) is 44.0 Å². The lowest BCUT2D eigenvalue weighted by atomic mass is 9.95. The van der Waals surface area contributed by atoms with Crippen molar-refractivity contribution >= 4 is 22.8 Å². The largest absolute Gasteiger partial charge is 0.463 e. The van der Waals surface area contributed by atoms with Crippen molar-refractivity contribution in [3.05, 3.63) is 54.3 Å². The second-order valence-corrected chi connectivity index (χ2v) is 7.44. The summed E-state index contributed by atoms with van der Waals surface area (Å²) in [6, 6.07) is 12.7. The molecule has 1 aromatic carbocycles. The molecule has 0 saturated heterocycles. The van der Waals surface area contributed by atoms with Gasteiger partial charge >= 0.3 is 5.97 Å². The first kappa shape index (κ1) is 19.2. The molecule has 6 heteroatoms. The maximum absolute atomic E-state index is 12.9. The van der Waals surface area contributed by atoms with E-state index in [9.17, 15) is 9.59 Å². The number of nitrogens with zero attached hydrogens (tertiary/aromatic N) is 1. The van der Waals surface area contributed by atoms with Gasteiger partial charge in [0.2, 0.25) is 0 Å². The van der Waals surface area contributed by atoms with Gasteiger partial charge in [0.1, 0.15) is 5.69 Å². The summed E-state index contributed by atoms with van der Waals surface area (Å²) in [5.41, 5.74) is 1.56. The van der Waals surface area contributed by atoms with E-state index in [0.717, 1.165) is 25.7 Å². The van der Waals surface area contributed by atoms with Gasteiger partial charge in [-0.25, -0.2) is 9.78 Å². The SMILES string of the molecule is CC(OC(=O)c1cc(-c2ccco2)nc2ccccc12)C(=O)NC1CCCCC1. The summed E-state index contributed by atoms with van der Waals surface area (Å²) >= 11 is 0. The minimum Gasteiger partial charge on any atom is -0.463 e. The molecule has 1 atom stereocenters. The van der Waals surface area contributed by atoms with Crippen LogP contribution in [-0.2, 0) is 9.53 Å². The molecule has 0 aliphatic heterocycles. The molecular formula is C23H24N2O4. The van der Waals surface area contributed by atoms with E-state index in [1.807, 2.05) is 24.3 Å². The highest BCUT2D eigenvalue weighted by Gasteiger charge is 2.24. The number of nitrogens with one attached hydrogen (secondary N) is 1. The van der Waals surface area contributed by atoms with Crippen molar-refractivity contribution in [3.63, 3.8) is 0 Å². The molecule has 0 bridgehead atoms. The smallest absolute Gasteiger partial charge is 0.339 e. The van der Waals surface area contributed by atoms with Crippen LogP contribution in [0, 0.1) is 0 Å². The molecule has 6 nitrogen and oxygen atoms in total. The molecule has 1 unspecified atom stereocenters. The number of para-hydroxylation sites is 1. The number of amides is 1. The Bertz CT molecular complexity index is 1010. The van der Waals surface area contributed by atoms with Crippen LogP contribution in [0.4, 0.5) is 0 Å². The number of hydrogen-bond acceptors (Lipinski definition) is 5. The van der Waals surface area contributed by atoms with Gasteiger partial charge in [-0.2, -0.15) is 0 Å². The molecule has 0 spiro atoms. The zero-order chi connectivity index (χ0) is 20.2. The Morgan fingerprint density at radius 2 is 1.93 bits per heavy atom. The molecule has 1 aliphatic rings. The molecule has 1 fully saturated rings. The molecular weight excluding hydrogens is 368 g/mol. The topological polar surface area (TPSA) is 81.4 Å². The summed E-state index contributed by atoms with van der Waals surface area (Å²) in [5.74, 6) is -0.245. The van der Waals surface area contributed by atoms with Gasteiger partial charge in [0, 0.05) is 11.4 Å². The molecule has 2 aromatic heterocycles. The molecule has 0 radical (unpaired) electrons. The molecule has 2 heterocycles. The first-order chi connectivity index (χ1) is 14.1. The van der Waals surface area contributed by atoms with Gasteiger partial charge in [0.05, 0.1) is 17.3 Å². The van der Waals surface area contributed by atoms with E-state index in [4.69, 9.17) is 9.15 Å². The highest BCUT2D eigenvalue weighted by Crippen LogP contribution is 2.26. The Balaban J connectivity index is 1.55. The van der Waals surface area contributed by atoms with Gasteiger partial charge in [0.15, 0.2) is 11.9 Å². The lowest BCUT2D eigenvalue weighted by Crippen LogP contribution is -2.42. The van der Waals surface area contributed by atoms with Gasteiger partial charge in [0.25, 0.3) is 5.91 Å². The first-order valence-corrected chi connectivity index (χ1v) is 10.1. The monoisotopic (exact) mass is 392 g/mol. The van der Waals surface area contributed by atoms with Crippen LogP contribution in [0.25, 0.3) is 22.4 Å². The van der Waals surface area contributed by atoms with Crippen LogP contribution in [0.1, 0.15) is 49.4 Å². The summed E-state index contributed by atoms with van der Waals surface area (Å²) in [6.45, 7) is 1.60. The lowest BCUT2D eigenvalue weighted by molar-refractivity contribution is -0.130. The maximum atomic E-state index is 12.9. The van der Waals surface area contributed by atoms with Crippen molar-refractivity contribution in [1.82, 2.24) is 10.3 Å². The van der Waals surface area contributed by atoms with E-state index >= 15 is 0 Å². The van der Waals surface area contributed by atoms with E-state index in [-0.39, 0.29) is 11.9 Å². The molecule has 3 aromatic rings. The van der Waals surface area contributed by atoms with Crippen LogP contribution < -0.4 is 5.32 Å². The Kier molecular flexibility index (Phi) is 5.60. The van der Waals surface area contributed by atoms with Crippen LogP contribution in [0.5, 0.6) is 0 Å². The van der Waals surface area contributed by atoms with E-state index in [1.165, 1.54) is 6.42 Å². The quantitative estimate of drug-likeness (QED) is 0.647.